The van der Waals surface area contributed by atoms with Gasteiger partial charge in [0.15, 0.2) is 5.82 Å². The predicted molar refractivity (Wildman–Crippen MR) is 89.0 cm³/mol. The van der Waals surface area contributed by atoms with Crippen LogP contribution in [0.15, 0.2) is 18.2 Å². The highest BCUT2D eigenvalue weighted by Crippen LogP contribution is 2.40. The van der Waals surface area contributed by atoms with Gasteiger partial charge in [-0.15, -0.1) is 10.2 Å². The van der Waals surface area contributed by atoms with E-state index in [1.54, 1.807) is 6.07 Å². The van der Waals surface area contributed by atoms with Crippen molar-refractivity contribution in [2.75, 3.05) is 11.4 Å². The molecule has 1 saturated carbocycles. The third-order valence-electron chi connectivity index (χ3n) is 5.25. The lowest BCUT2D eigenvalue weighted by atomic mass is 9.88. The minimum atomic E-state index is -4.52. The molecule has 5 nitrogen and oxygen atoms in total. The lowest BCUT2D eigenvalue weighted by Crippen LogP contribution is -2.50. The van der Waals surface area contributed by atoms with Gasteiger partial charge < -0.3 is 15.1 Å². The Kier molecular flexibility index (Phi) is 3.83. The molecule has 0 radical (unpaired) electrons. The number of benzene rings is 1. The summed E-state index contributed by atoms with van der Waals surface area (Å²) in [5.41, 5.74) is 0.929. The van der Waals surface area contributed by atoms with Gasteiger partial charge in [0.2, 0.25) is 0 Å². The third-order valence-corrected chi connectivity index (χ3v) is 5.25. The second-order valence-electron chi connectivity index (χ2n) is 6.92. The number of phenolic OH excluding ortho intramolecular Hbond substituents is 1. The van der Waals surface area contributed by atoms with E-state index in [-0.39, 0.29) is 23.3 Å². The number of anilines is 1. The van der Waals surface area contributed by atoms with E-state index in [1.807, 2.05) is 4.90 Å². The maximum absolute atomic E-state index is 12.9. The monoisotopic (exact) mass is 365 g/mol. The van der Waals surface area contributed by atoms with Crippen molar-refractivity contribution in [3.05, 3.63) is 34.9 Å². The van der Waals surface area contributed by atoms with Gasteiger partial charge in [0.25, 0.3) is 0 Å². The van der Waals surface area contributed by atoms with Gasteiger partial charge >= 0.3 is 6.18 Å². The minimum absolute atomic E-state index is 0.0533. The molecule has 0 spiro atoms. The molecular formula is C18H18F3N3O2. The average Bonchev–Trinajstić information content (AvgIpc) is 2.95. The summed E-state index contributed by atoms with van der Waals surface area (Å²) in [4.78, 5) is 2.04. The number of halogens is 3. The third kappa shape index (κ3) is 2.68. The van der Waals surface area contributed by atoms with Gasteiger partial charge in [0, 0.05) is 17.7 Å². The molecule has 2 atom stereocenters. The molecule has 2 aliphatic rings. The Morgan fingerprint density at radius 3 is 2.50 bits per heavy atom. The standard InChI is InChI=1S/C18H18F3N3O2/c1-9-6-11(18(19,20)21)8-15(26)16(9)12-7-10-4-5-24(17(10)23-22-12)13-2-3-14(13)25/h6-8,13-14,25-26H,2-5H2,1H3/t13-,14-/m0/s1. The first-order chi connectivity index (χ1) is 12.3. The number of nitrogens with zero attached hydrogens (tertiary/aromatic N) is 3. The first-order valence-corrected chi connectivity index (χ1v) is 8.48. The minimum Gasteiger partial charge on any atom is -0.507 e. The highest BCUT2D eigenvalue weighted by Gasteiger charge is 2.38. The zero-order valence-corrected chi connectivity index (χ0v) is 14.1. The van der Waals surface area contributed by atoms with Crippen molar-refractivity contribution >= 4 is 5.82 Å². The molecule has 1 fully saturated rings. The van der Waals surface area contributed by atoms with Gasteiger partial charge in [-0.1, -0.05) is 0 Å². The molecule has 1 aliphatic heterocycles. The van der Waals surface area contributed by atoms with Crippen LogP contribution < -0.4 is 4.90 Å². The zero-order chi connectivity index (χ0) is 18.6. The van der Waals surface area contributed by atoms with E-state index >= 15 is 0 Å². The highest BCUT2D eigenvalue weighted by atomic mass is 19.4. The smallest absolute Gasteiger partial charge is 0.416 e. The zero-order valence-electron chi connectivity index (χ0n) is 14.1. The molecule has 0 amide bonds. The van der Waals surface area contributed by atoms with Crippen LogP contribution in [0.2, 0.25) is 0 Å². The Hall–Kier alpha value is -2.35. The number of aryl methyl sites for hydroxylation is 1. The largest absolute Gasteiger partial charge is 0.507 e. The van der Waals surface area contributed by atoms with Crippen molar-refractivity contribution in [3.8, 4) is 17.0 Å². The second-order valence-corrected chi connectivity index (χ2v) is 6.92. The Bertz CT molecular complexity index is 846. The van der Waals surface area contributed by atoms with E-state index < -0.39 is 17.5 Å². The van der Waals surface area contributed by atoms with Crippen LogP contribution in [0.1, 0.15) is 29.5 Å². The number of aliphatic hydroxyl groups is 1. The molecule has 2 N–H and O–H groups in total. The number of fused-ring (bicyclic) bond motifs is 1. The Labute approximate surface area is 148 Å². The Balaban J connectivity index is 1.70. The molecule has 1 aromatic carbocycles. The molecule has 138 valence electrons. The van der Waals surface area contributed by atoms with Gasteiger partial charge in [-0.05, 0) is 49.9 Å². The summed E-state index contributed by atoms with van der Waals surface area (Å²) < 4.78 is 38.7. The van der Waals surface area contributed by atoms with E-state index in [4.69, 9.17) is 0 Å². The number of hydrogen-bond acceptors (Lipinski definition) is 5. The Morgan fingerprint density at radius 1 is 1.15 bits per heavy atom. The van der Waals surface area contributed by atoms with Crippen molar-refractivity contribution in [3.63, 3.8) is 0 Å². The van der Waals surface area contributed by atoms with Gasteiger partial charge in [-0.3, -0.25) is 0 Å². The lowest BCUT2D eigenvalue weighted by molar-refractivity contribution is -0.137. The number of aromatic nitrogens is 2. The summed E-state index contributed by atoms with van der Waals surface area (Å²) >= 11 is 0. The first-order valence-electron chi connectivity index (χ1n) is 8.48. The molecule has 0 bridgehead atoms. The van der Waals surface area contributed by atoms with Crippen LogP contribution in [0.4, 0.5) is 19.0 Å². The summed E-state index contributed by atoms with van der Waals surface area (Å²) in [6, 6.07) is 3.54. The fourth-order valence-corrected chi connectivity index (χ4v) is 3.74. The first kappa shape index (κ1) is 17.1. The van der Waals surface area contributed by atoms with E-state index in [1.165, 1.54) is 6.92 Å². The molecule has 0 saturated heterocycles. The van der Waals surface area contributed by atoms with Gasteiger partial charge in [0.1, 0.15) is 5.75 Å². The van der Waals surface area contributed by atoms with E-state index in [9.17, 15) is 23.4 Å². The van der Waals surface area contributed by atoms with Crippen molar-refractivity contribution in [1.29, 1.82) is 0 Å². The summed E-state index contributed by atoms with van der Waals surface area (Å²) in [5, 5.41) is 28.4. The molecule has 2 heterocycles. The number of aromatic hydroxyl groups is 1. The second kappa shape index (κ2) is 5.84. The van der Waals surface area contributed by atoms with Gasteiger partial charge in [-0.2, -0.15) is 13.2 Å². The number of hydrogen-bond donors (Lipinski definition) is 2. The van der Waals surface area contributed by atoms with Crippen molar-refractivity contribution in [1.82, 2.24) is 10.2 Å². The van der Waals surface area contributed by atoms with Crippen LogP contribution in [-0.2, 0) is 12.6 Å². The maximum Gasteiger partial charge on any atom is 0.416 e. The predicted octanol–water partition coefficient (Wildman–Crippen LogP) is 3.06. The average molecular weight is 365 g/mol. The molecule has 1 aromatic heterocycles. The number of rotatable bonds is 2. The topological polar surface area (TPSA) is 69.5 Å². The molecular weight excluding hydrogens is 347 g/mol. The fraction of sp³-hybridized carbons (Fsp3) is 0.444. The number of phenols is 1. The van der Waals surface area contributed by atoms with E-state index in [0.717, 1.165) is 37.4 Å². The molecule has 4 rings (SSSR count). The molecule has 26 heavy (non-hydrogen) atoms. The van der Waals surface area contributed by atoms with Crippen LogP contribution in [-0.4, -0.2) is 39.1 Å². The summed E-state index contributed by atoms with van der Waals surface area (Å²) in [7, 11) is 0. The van der Waals surface area contributed by atoms with Crippen LogP contribution in [0, 0.1) is 6.92 Å². The number of aliphatic hydroxyl groups excluding tert-OH is 1. The molecule has 2 aromatic rings. The van der Waals surface area contributed by atoms with Crippen LogP contribution in [0.5, 0.6) is 5.75 Å². The summed E-state index contributed by atoms with van der Waals surface area (Å²) in [5.74, 6) is 0.248. The van der Waals surface area contributed by atoms with Crippen LogP contribution >= 0.6 is 0 Å². The Morgan fingerprint density at radius 2 is 1.92 bits per heavy atom. The highest BCUT2D eigenvalue weighted by molar-refractivity contribution is 5.73. The lowest BCUT2D eigenvalue weighted by Gasteiger charge is -2.40. The fourth-order valence-electron chi connectivity index (χ4n) is 3.74. The van der Waals surface area contributed by atoms with Gasteiger partial charge in [0.05, 0.1) is 23.4 Å². The summed E-state index contributed by atoms with van der Waals surface area (Å²) in [6.45, 7) is 2.24. The van der Waals surface area contributed by atoms with Crippen molar-refractivity contribution in [2.45, 2.75) is 44.5 Å². The summed E-state index contributed by atoms with van der Waals surface area (Å²) in [6.07, 6.45) is -2.47. The number of alkyl halides is 3. The van der Waals surface area contributed by atoms with Crippen molar-refractivity contribution < 1.29 is 23.4 Å². The quantitative estimate of drug-likeness (QED) is 0.856. The van der Waals surface area contributed by atoms with E-state index in [0.29, 0.717) is 17.6 Å². The molecule has 1 aliphatic carbocycles. The van der Waals surface area contributed by atoms with E-state index in [2.05, 4.69) is 10.2 Å². The van der Waals surface area contributed by atoms with Crippen LogP contribution in [0.3, 0.4) is 0 Å². The molecule has 0 unspecified atom stereocenters. The maximum atomic E-state index is 12.9. The van der Waals surface area contributed by atoms with Crippen molar-refractivity contribution in [2.24, 2.45) is 0 Å². The van der Waals surface area contributed by atoms with Crippen LogP contribution in [0.25, 0.3) is 11.3 Å². The molecule has 8 heteroatoms. The SMILES string of the molecule is Cc1cc(C(F)(F)F)cc(O)c1-c1cc2c(nn1)N([C@H]1CC[C@@H]1O)CC2. The van der Waals surface area contributed by atoms with Gasteiger partial charge in [-0.25, -0.2) is 0 Å². The normalized spacial score (nSPS) is 22.3.